The molecule has 0 saturated carbocycles. The fourth-order valence-electron chi connectivity index (χ4n) is 1.90. The van der Waals surface area contributed by atoms with Gasteiger partial charge >= 0.3 is 0 Å². The summed E-state index contributed by atoms with van der Waals surface area (Å²) in [5, 5.41) is 12.5. The van der Waals surface area contributed by atoms with Crippen molar-refractivity contribution in [1.29, 1.82) is 0 Å². The summed E-state index contributed by atoms with van der Waals surface area (Å²) in [5.74, 6) is 0.378. The largest absolute Gasteiger partial charge is 0.411 e. The van der Waals surface area contributed by atoms with Crippen LogP contribution in [-0.2, 0) is 0 Å². The van der Waals surface area contributed by atoms with E-state index < -0.39 is 0 Å². The fourth-order valence-corrected chi connectivity index (χ4v) is 2.90. The van der Waals surface area contributed by atoms with Gasteiger partial charge in [0.1, 0.15) is 21.7 Å². The highest BCUT2D eigenvalue weighted by Crippen LogP contribution is 2.32. The van der Waals surface area contributed by atoms with E-state index in [1.54, 1.807) is 0 Å². The minimum atomic E-state index is 0.378. The van der Waals surface area contributed by atoms with Crippen molar-refractivity contribution in [3.63, 3.8) is 0 Å². The first kappa shape index (κ1) is 12.5. The molecule has 0 radical (unpaired) electrons. The summed E-state index contributed by atoms with van der Waals surface area (Å²) < 4.78 is 0. The van der Waals surface area contributed by atoms with E-state index in [1.165, 1.54) is 23.9 Å². The number of nitrogen functional groups attached to an aromatic ring is 1. The number of hydrogen-bond donors (Lipinski definition) is 2. The first-order chi connectivity index (χ1) is 9.69. The Kier molecular flexibility index (Phi) is 3.03. The number of nitrogens with two attached hydrogens (primary N) is 1. The van der Waals surface area contributed by atoms with E-state index in [4.69, 9.17) is 10.9 Å². The van der Waals surface area contributed by atoms with Gasteiger partial charge in [0.2, 0.25) is 0 Å². The molecule has 0 aliphatic heterocycles. The summed E-state index contributed by atoms with van der Waals surface area (Å²) in [6.07, 6.45) is 2.81. The Morgan fingerprint density at radius 1 is 1.35 bits per heavy atom. The standard InChI is InChI=1S/C13H11N5OS/c1-7-2-3-8(5-17-19)4-9(7)12-18-10-11(14)15-6-16-13(10)20-12/h2-6,19H,1H3,(H2,14,15,16). The lowest BCUT2D eigenvalue weighted by molar-refractivity contribution is 0.322. The van der Waals surface area contributed by atoms with Gasteiger partial charge in [-0.15, -0.1) is 0 Å². The van der Waals surface area contributed by atoms with Crippen molar-refractivity contribution in [3.05, 3.63) is 35.7 Å². The molecule has 0 fully saturated rings. The molecule has 0 spiro atoms. The van der Waals surface area contributed by atoms with Crippen LogP contribution in [0.1, 0.15) is 11.1 Å². The maximum atomic E-state index is 8.62. The van der Waals surface area contributed by atoms with E-state index in [2.05, 4.69) is 20.1 Å². The van der Waals surface area contributed by atoms with Gasteiger partial charge in [-0.05, 0) is 24.1 Å². The Balaban J connectivity index is 2.19. The van der Waals surface area contributed by atoms with E-state index in [-0.39, 0.29) is 0 Å². The molecule has 20 heavy (non-hydrogen) atoms. The van der Waals surface area contributed by atoms with E-state index in [0.717, 1.165) is 26.5 Å². The second-order valence-electron chi connectivity index (χ2n) is 4.25. The van der Waals surface area contributed by atoms with Crippen LogP contribution >= 0.6 is 11.3 Å². The number of hydrogen-bond acceptors (Lipinski definition) is 7. The fraction of sp³-hybridized carbons (Fsp3) is 0.0769. The number of nitrogens with zero attached hydrogens (tertiary/aromatic N) is 4. The molecule has 0 aliphatic carbocycles. The van der Waals surface area contributed by atoms with Crippen molar-refractivity contribution >= 4 is 33.7 Å². The average molecular weight is 285 g/mol. The number of aromatic nitrogens is 3. The van der Waals surface area contributed by atoms with Crippen LogP contribution in [0.4, 0.5) is 5.82 Å². The Morgan fingerprint density at radius 3 is 2.95 bits per heavy atom. The minimum Gasteiger partial charge on any atom is -0.411 e. The molecule has 3 rings (SSSR count). The summed E-state index contributed by atoms with van der Waals surface area (Å²) in [5.41, 5.74) is 9.26. The molecule has 100 valence electrons. The minimum absolute atomic E-state index is 0.378. The number of anilines is 1. The molecule has 0 saturated heterocycles. The highest BCUT2D eigenvalue weighted by Gasteiger charge is 2.12. The zero-order valence-corrected chi connectivity index (χ0v) is 11.4. The zero-order valence-electron chi connectivity index (χ0n) is 10.6. The molecule has 2 heterocycles. The van der Waals surface area contributed by atoms with Gasteiger partial charge in [-0.3, -0.25) is 0 Å². The van der Waals surface area contributed by atoms with Gasteiger partial charge in [-0.25, -0.2) is 15.0 Å². The monoisotopic (exact) mass is 285 g/mol. The average Bonchev–Trinajstić information content (AvgIpc) is 2.86. The van der Waals surface area contributed by atoms with Crippen molar-refractivity contribution < 1.29 is 5.21 Å². The molecule has 0 amide bonds. The molecule has 1 aromatic carbocycles. The molecular weight excluding hydrogens is 274 g/mol. The lowest BCUT2D eigenvalue weighted by Gasteiger charge is -2.02. The summed E-state index contributed by atoms with van der Waals surface area (Å²) in [6.45, 7) is 2.00. The summed E-state index contributed by atoms with van der Waals surface area (Å²) in [7, 11) is 0. The van der Waals surface area contributed by atoms with Gasteiger partial charge in [-0.1, -0.05) is 28.6 Å². The van der Waals surface area contributed by atoms with E-state index >= 15 is 0 Å². The second-order valence-corrected chi connectivity index (χ2v) is 5.23. The highest BCUT2D eigenvalue weighted by atomic mass is 32.1. The van der Waals surface area contributed by atoms with Crippen LogP contribution in [0.3, 0.4) is 0 Å². The number of aryl methyl sites for hydroxylation is 1. The molecule has 0 atom stereocenters. The van der Waals surface area contributed by atoms with Crippen molar-refractivity contribution in [2.75, 3.05) is 5.73 Å². The molecule has 6 nitrogen and oxygen atoms in total. The van der Waals surface area contributed by atoms with E-state index in [9.17, 15) is 0 Å². The van der Waals surface area contributed by atoms with E-state index in [1.807, 2.05) is 25.1 Å². The molecule has 7 heteroatoms. The van der Waals surface area contributed by atoms with Crippen LogP contribution in [0.15, 0.2) is 29.7 Å². The normalized spacial score (nSPS) is 11.4. The summed E-state index contributed by atoms with van der Waals surface area (Å²) in [4.78, 5) is 13.4. The third kappa shape index (κ3) is 2.08. The lowest BCUT2D eigenvalue weighted by Crippen LogP contribution is -1.92. The van der Waals surface area contributed by atoms with Gasteiger partial charge < -0.3 is 10.9 Å². The van der Waals surface area contributed by atoms with Crippen molar-refractivity contribution in [2.45, 2.75) is 6.92 Å². The van der Waals surface area contributed by atoms with Crippen molar-refractivity contribution in [3.8, 4) is 10.6 Å². The Labute approximate surface area is 118 Å². The first-order valence-electron chi connectivity index (χ1n) is 5.84. The van der Waals surface area contributed by atoms with Gasteiger partial charge in [0.25, 0.3) is 0 Å². The highest BCUT2D eigenvalue weighted by molar-refractivity contribution is 7.21. The van der Waals surface area contributed by atoms with Crippen molar-refractivity contribution in [1.82, 2.24) is 15.0 Å². The number of benzene rings is 1. The Hall–Kier alpha value is -2.54. The lowest BCUT2D eigenvalue weighted by atomic mass is 10.1. The predicted molar refractivity (Wildman–Crippen MR) is 79.2 cm³/mol. The quantitative estimate of drug-likeness (QED) is 0.428. The van der Waals surface area contributed by atoms with Crippen molar-refractivity contribution in [2.24, 2.45) is 5.16 Å². The molecule has 0 aliphatic rings. The number of thiazole rings is 1. The number of fused-ring (bicyclic) bond motifs is 1. The first-order valence-corrected chi connectivity index (χ1v) is 6.66. The van der Waals surface area contributed by atoms with Gasteiger partial charge in [-0.2, -0.15) is 0 Å². The smallest absolute Gasteiger partial charge is 0.154 e. The zero-order chi connectivity index (χ0) is 14.1. The predicted octanol–water partition coefficient (Wildman–Crippen LogP) is 2.45. The molecule has 2 aromatic heterocycles. The SMILES string of the molecule is Cc1ccc(C=NO)cc1-c1nc2c(N)ncnc2s1. The molecule has 3 N–H and O–H groups in total. The van der Waals surface area contributed by atoms with Gasteiger partial charge in [0, 0.05) is 5.56 Å². The third-order valence-electron chi connectivity index (χ3n) is 2.92. The van der Waals surface area contributed by atoms with Crippen LogP contribution in [0.5, 0.6) is 0 Å². The van der Waals surface area contributed by atoms with Crippen LogP contribution in [0.25, 0.3) is 20.9 Å². The van der Waals surface area contributed by atoms with E-state index in [0.29, 0.717) is 11.3 Å². The van der Waals surface area contributed by atoms with Gasteiger partial charge in [0.15, 0.2) is 5.82 Å². The van der Waals surface area contributed by atoms with Crippen LogP contribution in [0.2, 0.25) is 0 Å². The summed E-state index contributed by atoms with van der Waals surface area (Å²) in [6, 6.07) is 5.74. The second kappa shape index (κ2) is 4.86. The summed E-state index contributed by atoms with van der Waals surface area (Å²) >= 11 is 1.46. The molecule has 0 bridgehead atoms. The van der Waals surface area contributed by atoms with Crippen LogP contribution < -0.4 is 5.73 Å². The molecule has 3 aromatic rings. The number of oxime groups is 1. The Bertz CT molecular complexity index is 812. The topological polar surface area (TPSA) is 97.3 Å². The molecular formula is C13H11N5OS. The maximum absolute atomic E-state index is 8.62. The van der Waals surface area contributed by atoms with Crippen LogP contribution in [-0.4, -0.2) is 26.4 Å². The van der Waals surface area contributed by atoms with Crippen LogP contribution in [0, 0.1) is 6.92 Å². The number of rotatable bonds is 2. The maximum Gasteiger partial charge on any atom is 0.154 e. The Morgan fingerprint density at radius 2 is 2.20 bits per heavy atom. The van der Waals surface area contributed by atoms with Gasteiger partial charge in [0.05, 0.1) is 6.21 Å². The third-order valence-corrected chi connectivity index (χ3v) is 3.92. The molecule has 0 unspecified atom stereocenters.